The molecule has 1 aromatic carbocycles. The number of sulfone groups is 1. The zero-order chi connectivity index (χ0) is 15.4. The van der Waals surface area contributed by atoms with Gasteiger partial charge in [-0.3, -0.25) is 0 Å². The van der Waals surface area contributed by atoms with E-state index in [1.165, 1.54) is 13.1 Å². The van der Waals surface area contributed by atoms with Crippen LogP contribution < -0.4 is 10.0 Å². The van der Waals surface area contributed by atoms with E-state index in [1.54, 1.807) is 12.1 Å². The number of nitrogens with one attached hydrogen (secondary N) is 2. The lowest BCUT2D eigenvalue weighted by atomic mass is 10.2. The molecule has 20 heavy (non-hydrogen) atoms. The van der Waals surface area contributed by atoms with Gasteiger partial charge in [-0.15, -0.1) is 0 Å². The quantitative estimate of drug-likeness (QED) is 0.700. The first-order valence-corrected chi connectivity index (χ1v) is 9.69. The van der Waals surface area contributed by atoms with Crippen LogP contribution in [-0.4, -0.2) is 42.4 Å². The van der Waals surface area contributed by atoms with E-state index in [4.69, 9.17) is 11.6 Å². The lowest BCUT2D eigenvalue weighted by molar-refractivity contribution is 0.581. The van der Waals surface area contributed by atoms with Gasteiger partial charge in [0, 0.05) is 29.9 Å². The van der Waals surface area contributed by atoms with E-state index in [-0.39, 0.29) is 23.7 Å². The fraction of sp³-hybridized carbons (Fsp3) is 0.455. The highest BCUT2D eigenvalue weighted by Gasteiger charge is 2.15. The SMILES string of the molecule is CNS(=O)(=O)CCNCc1c(Cl)cccc1S(C)(=O)=O. The monoisotopic (exact) mass is 340 g/mol. The number of rotatable bonds is 7. The molecule has 0 aromatic heterocycles. The van der Waals surface area contributed by atoms with Gasteiger partial charge < -0.3 is 5.32 Å². The molecule has 0 saturated heterocycles. The Morgan fingerprint density at radius 2 is 1.85 bits per heavy atom. The molecule has 114 valence electrons. The molecule has 0 bridgehead atoms. The number of hydrogen-bond acceptors (Lipinski definition) is 5. The minimum Gasteiger partial charge on any atom is -0.312 e. The summed E-state index contributed by atoms with van der Waals surface area (Å²) in [5.41, 5.74) is 0.443. The average Bonchev–Trinajstić information content (AvgIpc) is 2.34. The van der Waals surface area contributed by atoms with E-state index in [0.29, 0.717) is 10.6 Å². The zero-order valence-electron chi connectivity index (χ0n) is 11.2. The summed E-state index contributed by atoms with van der Waals surface area (Å²) in [5, 5.41) is 3.21. The summed E-state index contributed by atoms with van der Waals surface area (Å²) < 4.78 is 48.0. The molecule has 0 unspecified atom stereocenters. The largest absolute Gasteiger partial charge is 0.312 e. The number of benzene rings is 1. The maximum Gasteiger partial charge on any atom is 0.212 e. The van der Waals surface area contributed by atoms with Crippen LogP contribution in [0.25, 0.3) is 0 Å². The second-order valence-electron chi connectivity index (χ2n) is 4.19. The van der Waals surface area contributed by atoms with Crippen molar-refractivity contribution >= 4 is 31.5 Å². The summed E-state index contributed by atoms with van der Waals surface area (Å²) in [5.74, 6) is -0.0951. The minimum absolute atomic E-state index is 0.0951. The van der Waals surface area contributed by atoms with Gasteiger partial charge in [0.1, 0.15) is 0 Å². The summed E-state index contributed by atoms with van der Waals surface area (Å²) >= 11 is 6.00. The van der Waals surface area contributed by atoms with Crippen LogP contribution in [0.2, 0.25) is 5.02 Å². The van der Waals surface area contributed by atoms with Crippen LogP contribution in [0, 0.1) is 0 Å². The van der Waals surface area contributed by atoms with Crippen molar-refractivity contribution in [2.75, 3.05) is 25.6 Å². The molecule has 1 aromatic rings. The highest BCUT2D eigenvalue weighted by molar-refractivity contribution is 7.90. The van der Waals surface area contributed by atoms with Crippen molar-refractivity contribution in [1.29, 1.82) is 0 Å². The van der Waals surface area contributed by atoms with E-state index in [2.05, 4.69) is 10.0 Å². The molecule has 0 spiro atoms. The number of hydrogen-bond donors (Lipinski definition) is 2. The van der Waals surface area contributed by atoms with Gasteiger partial charge in [0.2, 0.25) is 10.0 Å². The lowest BCUT2D eigenvalue weighted by Gasteiger charge is -2.11. The Balaban J connectivity index is 2.79. The zero-order valence-corrected chi connectivity index (χ0v) is 13.6. The summed E-state index contributed by atoms with van der Waals surface area (Å²) in [6, 6.07) is 4.63. The Morgan fingerprint density at radius 1 is 1.20 bits per heavy atom. The van der Waals surface area contributed by atoms with Gasteiger partial charge in [-0.25, -0.2) is 21.6 Å². The van der Waals surface area contributed by atoms with Gasteiger partial charge in [0.05, 0.1) is 10.6 Å². The lowest BCUT2D eigenvalue weighted by Crippen LogP contribution is -2.29. The molecule has 0 fully saturated rings. The van der Waals surface area contributed by atoms with Crippen molar-refractivity contribution in [3.05, 3.63) is 28.8 Å². The van der Waals surface area contributed by atoms with E-state index >= 15 is 0 Å². The first-order chi connectivity index (χ1) is 9.17. The molecule has 2 N–H and O–H groups in total. The average molecular weight is 341 g/mol. The molecule has 0 aliphatic heterocycles. The number of halogens is 1. The van der Waals surface area contributed by atoms with Gasteiger partial charge in [-0.1, -0.05) is 17.7 Å². The Hall–Kier alpha value is -0.670. The predicted molar refractivity (Wildman–Crippen MR) is 79.1 cm³/mol. The maximum atomic E-state index is 11.7. The van der Waals surface area contributed by atoms with Crippen LogP contribution in [0.4, 0.5) is 0 Å². The fourth-order valence-corrected chi connectivity index (χ4v) is 3.45. The smallest absolute Gasteiger partial charge is 0.212 e. The topological polar surface area (TPSA) is 92.3 Å². The summed E-state index contributed by atoms with van der Waals surface area (Å²) in [4.78, 5) is 0.147. The van der Waals surface area contributed by atoms with E-state index < -0.39 is 19.9 Å². The van der Waals surface area contributed by atoms with Crippen LogP contribution in [0.5, 0.6) is 0 Å². The Labute approximate surface area is 124 Å². The summed E-state index contributed by atoms with van der Waals surface area (Å²) in [6.07, 6.45) is 1.10. The summed E-state index contributed by atoms with van der Waals surface area (Å²) in [7, 11) is -5.33. The van der Waals surface area contributed by atoms with Crippen molar-refractivity contribution in [2.45, 2.75) is 11.4 Å². The minimum atomic E-state index is -3.38. The second kappa shape index (κ2) is 6.86. The highest BCUT2D eigenvalue weighted by Crippen LogP contribution is 2.23. The van der Waals surface area contributed by atoms with Crippen molar-refractivity contribution in [2.24, 2.45) is 0 Å². The van der Waals surface area contributed by atoms with Gasteiger partial charge in [-0.05, 0) is 19.2 Å². The molecule has 9 heteroatoms. The predicted octanol–water partition coefficient (Wildman–Crippen LogP) is 0.382. The first kappa shape index (κ1) is 17.4. The normalized spacial score (nSPS) is 12.6. The molecule has 0 heterocycles. The Kier molecular flexibility index (Phi) is 5.96. The molecule has 0 amide bonds. The van der Waals surface area contributed by atoms with Crippen LogP contribution in [-0.2, 0) is 26.4 Å². The van der Waals surface area contributed by atoms with Crippen LogP contribution in [0.15, 0.2) is 23.1 Å². The molecule has 0 aliphatic carbocycles. The van der Waals surface area contributed by atoms with Crippen molar-refractivity contribution in [3.8, 4) is 0 Å². The van der Waals surface area contributed by atoms with Crippen molar-refractivity contribution < 1.29 is 16.8 Å². The van der Waals surface area contributed by atoms with E-state index in [0.717, 1.165) is 6.26 Å². The fourth-order valence-electron chi connectivity index (χ4n) is 1.58. The molecule has 6 nitrogen and oxygen atoms in total. The summed E-state index contributed by atoms with van der Waals surface area (Å²) in [6.45, 7) is 0.374. The van der Waals surface area contributed by atoms with Crippen molar-refractivity contribution in [3.63, 3.8) is 0 Å². The van der Waals surface area contributed by atoms with Gasteiger partial charge >= 0.3 is 0 Å². The number of sulfonamides is 1. The Bertz CT molecular complexity index is 672. The maximum absolute atomic E-state index is 11.7. The molecule has 0 radical (unpaired) electrons. The molecular formula is C11H17ClN2O4S2. The third kappa shape index (κ3) is 5.02. The second-order valence-corrected chi connectivity index (χ2v) is 8.63. The van der Waals surface area contributed by atoms with Crippen molar-refractivity contribution in [1.82, 2.24) is 10.0 Å². The molecule has 1 rings (SSSR count). The highest BCUT2D eigenvalue weighted by atomic mass is 35.5. The van der Waals surface area contributed by atoms with Gasteiger partial charge in [-0.2, -0.15) is 0 Å². The van der Waals surface area contributed by atoms with E-state index in [1.807, 2.05) is 0 Å². The van der Waals surface area contributed by atoms with Gasteiger partial charge in [0.15, 0.2) is 9.84 Å². The first-order valence-electron chi connectivity index (χ1n) is 5.77. The van der Waals surface area contributed by atoms with Crippen LogP contribution in [0.1, 0.15) is 5.56 Å². The van der Waals surface area contributed by atoms with Crippen LogP contribution in [0.3, 0.4) is 0 Å². The third-order valence-electron chi connectivity index (χ3n) is 2.64. The molecule has 0 atom stereocenters. The third-order valence-corrected chi connectivity index (χ3v) is 5.53. The Morgan fingerprint density at radius 3 is 2.40 bits per heavy atom. The molecule has 0 aliphatic rings. The van der Waals surface area contributed by atoms with Crippen LogP contribution >= 0.6 is 11.6 Å². The molecular weight excluding hydrogens is 324 g/mol. The standard InChI is InChI=1S/C11H17ClN2O4S2/c1-13-20(17,18)7-6-14-8-9-10(12)4-3-5-11(9)19(2,15)16/h3-5,13-14H,6-8H2,1-2H3. The van der Waals surface area contributed by atoms with Gasteiger partial charge in [0.25, 0.3) is 0 Å². The van der Waals surface area contributed by atoms with E-state index in [9.17, 15) is 16.8 Å². The molecule has 0 saturated carbocycles.